The highest BCUT2D eigenvalue weighted by Crippen LogP contribution is 2.09. The molecule has 0 bridgehead atoms. The van der Waals surface area contributed by atoms with Crippen molar-refractivity contribution in [2.24, 2.45) is 0 Å². The first-order chi connectivity index (χ1) is 8.59. The smallest absolute Gasteiger partial charge is 0.258 e. The number of aromatic amines is 1. The van der Waals surface area contributed by atoms with E-state index in [2.05, 4.69) is 31.2 Å². The number of nitrogens with zero attached hydrogens (tertiary/aromatic N) is 1. The molecule has 0 aromatic carbocycles. The number of carbonyl (C=O) groups is 1. The van der Waals surface area contributed by atoms with Crippen molar-refractivity contribution in [3.63, 3.8) is 0 Å². The summed E-state index contributed by atoms with van der Waals surface area (Å²) in [5.41, 5.74) is -0.536. The summed E-state index contributed by atoms with van der Waals surface area (Å²) >= 11 is 3.03. The second-order valence-electron chi connectivity index (χ2n) is 3.36. The summed E-state index contributed by atoms with van der Waals surface area (Å²) < 4.78 is 13.6. The average molecular weight is 312 g/mol. The van der Waals surface area contributed by atoms with Crippen LogP contribution in [-0.2, 0) is 0 Å². The normalized spacial score (nSPS) is 10.1. The van der Waals surface area contributed by atoms with Crippen LogP contribution in [-0.4, -0.2) is 15.9 Å². The molecule has 2 aromatic rings. The first-order valence-electron chi connectivity index (χ1n) is 4.87. The van der Waals surface area contributed by atoms with E-state index in [9.17, 15) is 14.0 Å². The summed E-state index contributed by atoms with van der Waals surface area (Å²) in [7, 11) is 0. The number of H-pyrrole nitrogens is 1. The summed E-state index contributed by atoms with van der Waals surface area (Å²) in [6, 6.07) is 1.23. The van der Waals surface area contributed by atoms with E-state index in [1.807, 2.05) is 0 Å². The third-order valence-electron chi connectivity index (χ3n) is 2.16. The first kappa shape index (κ1) is 12.4. The lowest BCUT2D eigenvalue weighted by Crippen LogP contribution is -2.19. The van der Waals surface area contributed by atoms with Gasteiger partial charge in [-0.15, -0.1) is 0 Å². The number of halogens is 2. The molecule has 0 radical (unpaired) electrons. The highest BCUT2D eigenvalue weighted by molar-refractivity contribution is 9.10. The van der Waals surface area contributed by atoms with Gasteiger partial charge in [-0.25, -0.2) is 4.39 Å². The SMILES string of the molecule is O=C(Nc1c[nH]cc(Br)c1=O)c1ccncc1F. The second kappa shape index (κ2) is 5.09. The Kier molecular flexibility index (Phi) is 3.52. The molecule has 18 heavy (non-hydrogen) atoms. The van der Waals surface area contributed by atoms with E-state index in [0.29, 0.717) is 0 Å². The van der Waals surface area contributed by atoms with Crippen LogP contribution in [0.1, 0.15) is 10.4 Å². The van der Waals surface area contributed by atoms with Gasteiger partial charge in [-0.1, -0.05) is 0 Å². The predicted octanol–water partition coefficient (Wildman–Crippen LogP) is 1.92. The number of hydrogen-bond acceptors (Lipinski definition) is 3. The minimum absolute atomic E-state index is 0.0330. The van der Waals surface area contributed by atoms with Gasteiger partial charge in [0.25, 0.3) is 5.91 Å². The Labute approximate surface area is 109 Å². The highest BCUT2D eigenvalue weighted by Gasteiger charge is 2.13. The Morgan fingerprint density at radius 1 is 1.44 bits per heavy atom. The standard InChI is InChI=1S/C11H7BrFN3O2/c12-7-3-15-5-9(10(7)17)16-11(18)6-1-2-14-4-8(6)13/h1-5H,(H,15,17)(H,16,18). The van der Waals surface area contributed by atoms with Gasteiger partial charge in [0, 0.05) is 18.6 Å². The maximum absolute atomic E-state index is 13.3. The van der Waals surface area contributed by atoms with Gasteiger partial charge < -0.3 is 10.3 Å². The largest absolute Gasteiger partial charge is 0.365 e. The Bertz CT molecular complexity index is 657. The molecule has 92 valence electrons. The van der Waals surface area contributed by atoms with Crippen molar-refractivity contribution < 1.29 is 9.18 Å². The van der Waals surface area contributed by atoms with E-state index in [-0.39, 0.29) is 15.7 Å². The molecular formula is C11H7BrFN3O2. The van der Waals surface area contributed by atoms with Gasteiger partial charge in [0.1, 0.15) is 5.69 Å². The van der Waals surface area contributed by atoms with Crippen molar-refractivity contribution in [1.82, 2.24) is 9.97 Å². The molecule has 7 heteroatoms. The van der Waals surface area contributed by atoms with Gasteiger partial charge in [0.05, 0.1) is 16.2 Å². The van der Waals surface area contributed by atoms with Crippen molar-refractivity contribution in [2.45, 2.75) is 0 Å². The molecule has 0 fully saturated rings. The second-order valence-corrected chi connectivity index (χ2v) is 4.21. The molecule has 5 nitrogen and oxygen atoms in total. The fourth-order valence-electron chi connectivity index (χ4n) is 1.30. The van der Waals surface area contributed by atoms with Crippen molar-refractivity contribution in [1.29, 1.82) is 0 Å². The molecule has 0 aliphatic heterocycles. The van der Waals surface area contributed by atoms with Gasteiger partial charge in [-0.2, -0.15) is 0 Å². The Hall–Kier alpha value is -2.02. The molecule has 0 unspecified atom stereocenters. The van der Waals surface area contributed by atoms with Crippen LogP contribution >= 0.6 is 15.9 Å². The van der Waals surface area contributed by atoms with Crippen molar-refractivity contribution >= 4 is 27.5 Å². The van der Waals surface area contributed by atoms with Gasteiger partial charge in [0.2, 0.25) is 5.43 Å². The third-order valence-corrected chi connectivity index (χ3v) is 2.75. The zero-order valence-corrected chi connectivity index (χ0v) is 10.5. The van der Waals surface area contributed by atoms with E-state index in [4.69, 9.17) is 0 Å². The lowest BCUT2D eigenvalue weighted by molar-refractivity contribution is 0.102. The maximum atomic E-state index is 13.3. The lowest BCUT2D eigenvalue weighted by Gasteiger charge is -2.05. The number of hydrogen-bond donors (Lipinski definition) is 2. The molecule has 0 saturated carbocycles. The summed E-state index contributed by atoms with van der Waals surface area (Å²) in [6.45, 7) is 0. The van der Waals surface area contributed by atoms with Crippen LogP contribution < -0.4 is 10.7 Å². The summed E-state index contributed by atoms with van der Waals surface area (Å²) in [5.74, 6) is -1.46. The lowest BCUT2D eigenvalue weighted by atomic mass is 10.2. The van der Waals surface area contributed by atoms with Crippen LogP contribution in [0.15, 0.2) is 40.1 Å². The number of carbonyl (C=O) groups excluding carboxylic acids is 1. The topological polar surface area (TPSA) is 74.8 Å². The monoisotopic (exact) mass is 311 g/mol. The maximum Gasteiger partial charge on any atom is 0.258 e. The van der Waals surface area contributed by atoms with Crippen LogP contribution in [0.2, 0.25) is 0 Å². The number of amides is 1. The number of nitrogens with one attached hydrogen (secondary N) is 2. The zero-order chi connectivity index (χ0) is 13.1. The fraction of sp³-hybridized carbons (Fsp3) is 0. The van der Waals surface area contributed by atoms with Crippen molar-refractivity contribution in [3.05, 3.63) is 56.9 Å². The van der Waals surface area contributed by atoms with E-state index in [1.165, 1.54) is 24.7 Å². The predicted molar refractivity (Wildman–Crippen MR) is 66.9 cm³/mol. The van der Waals surface area contributed by atoms with Crippen molar-refractivity contribution in [3.8, 4) is 0 Å². The number of anilines is 1. The minimum atomic E-state index is -0.749. The molecule has 2 heterocycles. The van der Waals surface area contributed by atoms with Crippen LogP contribution in [0, 0.1) is 5.82 Å². The van der Waals surface area contributed by atoms with Crippen LogP contribution in [0.5, 0.6) is 0 Å². The van der Waals surface area contributed by atoms with Gasteiger partial charge in [-0.3, -0.25) is 14.6 Å². The molecule has 2 aromatic heterocycles. The third kappa shape index (κ3) is 2.45. The van der Waals surface area contributed by atoms with E-state index in [1.54, 1.807) is 0 Å². The highest BCUT2D eigenvalue weighted by atomic mass is 79.9. The molecule has 0 atom stereocenters. The minimum Gasteiger partial charge on any atom is -0.365 e. The first-order valence-corrected chi connectivity index (χ1v) is 5.66. The Balaban J connectivity index is 2.30. The molecule has 2 rings (SSSR count). The van der Waals surface area contributed by atoms with E-state index >= 15 is 0 Å². The van der Waals surface area contributed by atoms with Gasteiger partial charge in [-0.05, 0) is 22.0 Å². The fourth-order valence-corrected chi connectivity index (χ4v) is 1.65. The quantitative estimate of drug-likeness (QED) is 0.890. The van der Waals surface area contributed by atoms with Crippen LogP contribution in [0.3, 0.4) is 0 Å². The van der Waals surface area contributed by atoms with Crippen molar-refractivity contribution in [2.75, 3.05) is 5.32 Å². The molecular weight excluding hydrogens is 305 g/mol. The summed E-state index contributed by atoms with van der Waals surface area (Å²) in [5, 5.41) is 2.33. The molecule has 0 saturated heterocycles. The molecule has 2 N–H and O–H groups in total. The van der Waals surface area contributed by atoms with E-state index < -0.39 is 17.2 Å². The zero-order valence-electron chi connectivity index (χ0n) is 8.91. The number of pyridine rings is 2. The number of aromatic nitrogens is 2. The average Bonchev–Trinajstić information content (AvgIpc) is 2.35. The molecule has 0 spiro atoms. The van der Waals surface area contributed by atoms with Crippen LogP contribution in [0.25, 0.3) is 0 Å². The summed E-state index contributed by atoms with van der Waals surface area (Å²) in [6.07, 6.45) is 4.98. The van der Waals surface area contributed by atoms with Crippen LogP contribution in [0.4, 0.5) is 10.1 Å². The number of rotatable bonds is 2. The van der Waals surface area contributed by atoms with Gasteiger partial charge in [0.15, 0.2) is 5.82 Å². The van der Waals surface area contributed by atoms with E-state index in [0.717, 1.165) is 6.20 Å². The molecule has 1 amide bonds. The Morgan fingerprint density at radius 3 is 2.94 bits per heavy atom. The molecule has 0 aliphatic rings. The summed E-state index contributed by atoms with van der Waals surface area (Å²) in [4.78, 5) is 29.6. The Morgan fingerprint density at radius 2 is 2.22 bits per heavy atom. The molecule has 0 aliphatic carbocycles. The van der Waals surface area contributed by atoms with Gasteiger partial charge >= 0.3 is 0 Å².